The largest absolute Gasteiger partial charge is 0.373 e. The summed E-state index contributed by atoms with van der Waals surface area (Å²) in [5, 5.41) is -0.616. The van der Waals surface area contributed by atoms with Crippen LogP contribution in [0.15, 0.2) is 43.0 Å². The zero-order chi connectivity index (χ0) is 20.2. The summed E-state index contributed by atoms with van der Waals surface area (Å²) < 4.78 is 5.25. The molecule has 0 aromatic heterocycles. The van der Waals surface area contributed by atoms with Crippen molar-refractivity contribution in [2.24, 2.45) is 11.8 Å². The average molecular weight is 413 g/mol. The summed E-state index contributed by atoms with van der Waals surface area (Å²) in [6, 6.07) is 10.1. The first kappa shape index (κ1) is 23.9. The van der Waals surface area contributed by atoms with Crippen LogP contribution in [0.4, 0.5) is 0 Å². The quantitative estimate of drug-likeness (QED) is 0.348. The Hall–Kier alpha value is -1.16. The van der Waals surface area contributed by atoms with Crippen molar-refractivity contribution in [3.63, 3.8) is 0 Å². The summed E-state index contributed by atoms with van der Waals surface area (Å²) >= 11 is 11.3. The van der Waals surface area contributed by atoms with Crippen molar-refractivity contribution in [3.05, 3.63) is 48.6 Å². The molecule has 150 valence electrons. The predicted octanol–water partition coefficient (Wildman–Crippen LogP) is 5.57. The predicted molar refractivity (Wildman–Crippen MR) is 112 cm³/mol. The Bertz CT molecular complexity index is 568. The van der Waals surface area contributed by atoms with Crippen LogP contribution in [-0.4, -0.2) is 28.9 Å². The molecule has 0 N–H and O–H groups in total. The first-order valence-corrected chi connectivity index (χ1v) is 10.4. The van der Waals surface area contributed by atoms with E-state index in [9.17, 15) is 9.59 Å². The van der Waals surface area contributed by atoms with Gasteiger partial charge < -0.3 is 4.74 Å². The summed E-state index contributed by atoms with van der Waals surface area (Å²) in [5.74, 6) is 1.39. The van der Waals surface area contributed by atoms with Gasteiger partial charge in [-0.15, -0.1) is 29.8 Å². The van der Waals surface area contributed by atoms with Crippen molar-refractivity contribution in [3.8, 4) is 0 Å². The maximum atomic E-state index is 10.7. The molecule has 3 rings (SSSR count). The van der Waals surface area contributed by atoms with Gasteiger partial charge >= 0.3 is 0 Å². The van der Waals surface area contributed by atoms with Gasteiger partial charge in [0.2, 0.25) is 0 Å². The molecule has 2 atom stereocenters. The number of carbonyl (C=O) groups is 2. The molecular formula is C22H30Cl2O3. The molecule has 1 aromatic rings. The molecule has 2 aliphatic carbocycles. The van der Waals surface area contributed by atoms with E-state index in [4.69, 9.17) is 27.9 Å². The minimum atomic E-state index is -0.308. The molecule has 0 spiro atoms. The molecule has 2 aliphatic rings. The Balaban J connectivity index is 0.000000208. The molecule has 1 aromatic carbocycles. The highest BCUT2D eigenvalue weighted by atomic mass is 35.5. The third-order valence-electron chi connectivity index (χ3n) is 4.72. The summed E-state index contributed by atoms with van der Waals surface area (Å²) in [6.45, 7) is 8.98. The lowest BCUT2D eigenvalue weighted by Crippen LogP contribution is -2.49. The number of benzene rings is 1. The van der Waals surface area contributed by atoms with Gasteiger partial charge in [-0.3, -0.25) is 9.59 Å². The molecular weight excluding hydrogens is 383 g/mol. The van der Waals surface area contributed by atoms with E-state index in [1.165, 1.54) is 12.0 Å². The minimum absolute atomic E-state index is 0.00909. The van der Waals surface area contributed by atoms with E-state index in [0.29, 0.717) is 19.0 Å². The van der Waals surface area contributed by atoms with Crippen molar-refractivity contribution in [1.82, 2.24) is 0 Å². The van der Waals surface area contributed by atoms with Gasteiger partial charge in [0.15, 0.2) is 5.78 Å². The second-order valence-corrected chi connectivity index (χ2v) is 7.73. The number of hydrogen-bond donors (Lipinski definition) is 0. The van der Waals surface area contributed by atoms with Crippen LogP contribution in [0.1, 0.15) is 45.1 Å². The number of Topliss-reactive ketones (excluding diaryl/α,β-unsaturated/α-hetero) is 2. The summed E-state index contributed by atoms with van der Waals surface area (Å²) in [5.41, 5.74) is 1.20. The third kappa shape index (κ3) is 8.16. The van der Waals surface area contributed by atoms with Gasteiger partial charge in [0.05, 0.1) is 24.0 Å². The topological polar surface area (TPSA) is 43.4 Å². The molecule has 0 bridgehead atoms. The smallest absolute Gasteiger partial charge is 0.169 e. The lowest BCUT2D eigenvalue weighted by atomic mass is 9.81. The number of carbonyl (C=O) groups excluding carboxylic acids is 2. The Morgan fingerprint density at radius 3 is 2.04 bits per heavy atom. The van der Waals surface area contributed by atoms with Crippen LogP contribution in [0, 0.1) is 11.8 Å². The van der Waals surface area contributed by atoms with Crippen LogP contribution < -0.4 is 0 Å². The minimum Gasteiger partial charge on any atom is -0.373 e. The average Bonchev–Trinajstić information content (AvgIpc) is 2.67. The lowest BCUT2D eigenvalue weighted by molar-refractivity contribution is -0.127. The maximum Gasteiger partial charge on any atom is 0.169 e. The highest BCUT2D eigenvalue weighted by Crippen LogP contribution is 2.35. The fourth-order valence-electron chi connectivity index (χ4n) is 2.72. The van der Waals surface area contributed by atoms with Crippen LogP contribution in [-0.2, 0) is 20.9 Å². The summed E-state index contributed by atoms with van der Waals surface area (Å²) in [6.07, 6.45) is 5.55. The van der Waals surface area contributed by atoms with Gasteiger partial charge in [-0.1, -0.05) is 56.7 Å². The van der Waals surface area contributed by atoms with Crippen molar-refractivity contribution >= 4 is 34.8 Å². The SMILES string of the molecule is C=CCOCc1ccccc1.CCC1C(Cl)C(=O)C1Cl.CCC1CC(=O)C1. The van der Waals surface area contributed by atoms with Crippen LogP contribution in [0.5, 0.6) is 0 Å². The Morgan fingerprint density at radius 1 is 1.07 bits per heavy atom. The maximum absolute atomic E-state index is 10.7. The van der Waals surface area contributed by atoms with E-state index < -0.39 is 0 Å². The molecule has 2 fully saturated rings. The Kier molecular flexibility index (Phi) is 11.6. The van der Waals surface area contributed by atoms with Crippen molar-refractivity contribution < 1.29 is 14.3 Å². The van der Waals surface area contributed by atoms with Crippen molar-refractivity contribution in [2.45, 2.75) is 56.9 Å². The van der Waals surface area contributed by atoms with E-state index in [1.54, 1.807) is 6.08 Å². The molecule has 27 heavy (non-hydrogen) atoms. The molecule has 0 heterocycles. The van der Waals surface area contributed by atoms with Gasteiger partial charge in [0.1, 0.15) is 5.78 Å². The van der Waals surface area contributed by atoms with Gasteiger partial charge in [-0.2, -0.15) is 0 Å². The summed E-state index contributed by atoms with van der Waals surface area (Å²) in [7, 11) is 0. The lowest BCUT2D eigenvalue weighted by Gasteiger charge is -2.34. The number of alkyl halides is 2. The fraction of sp³-hybridized carbons (Fsp3) is 0.545. The zero-order valence-electron chi connectivity index (χ0n) is 16.2. The molecule has 0 radical (unpaired) electrons. The van der Waals surface area contributed by atoms with Crippen LogP contribution in [0.2, 0.25) is 0 Å². The molecule has 0 aliphatic heterocycles. The number of halogens is 2. The number of ketones is 2. The first-order valence-electron chi connectivity index (χ1n) is 9.50. The number of hydrogen-bond acceptors (Lipinski definition) is 3. The fourth-order valence-corrected chi connectivity index (χ4v) is 3.78. The normalized spacial score (nSPS) is 23.8. The standard InChI is InChI=1S/C10H12O.C6H8Cl2O.C6H10O/c1-2-8-11-9-10-6-4-3-5-7-10;1-2-3-4(7)6(9)5(3)8;1-2-5-3-6(7)4-5/h2-7H,1,8-9H2;3-5H,2H2,1H3;5H,2-4H2,1H3. The zero-order valence-corrected chi connectivity index (χ0v) is 17.7. The molecule has 2 unspecified atom stereocenters. The second-order valence-electron chi connectivity index (χ2n) is 6.79. The molecule has 0 saturated heterocycles. The number of rotatable bonds is 6. The molecule has 5 heteroatoms. The Labute approximate surface area is 173 Å². The van der Waals surface area contributed by atoms with Gasteiger partial charge in [0, 0.05) is 18.8 Å². The highest BCUT2D eigenvalue weighted by Gasteiger charge is 2.46. The van der Waals surface area contributed by atoms with Gasteiger partial charge in [-0.25, -0.2) is 0 Å². The van der Waals surface area contributed by atoms with E-state index in [-0.39, 0.29) is 22.5 Å². The van der Waals surface area contributed by atoms with Gasteiger partial charge in [0.25, 0.3) is 0 Å². The highest BCUT2D eigenvalue weighted by molar-refractivity contribution is 6.44. The van der Waals surface area contributed by atoms with E-state index >= 15 is 0 Å². The molecule has 2 saturated carbocycles. The molecule has 0 amide bonds. The van der Waals surface area contributed by atoms with E-state index in [2.05, 4.69) is 13.5 Å². The van der Waals surface area contributed by atoms with Crippen LogP contribution in [0.3, 0.4) is 0 Å². The second kappa shape index (κ2) is 13.1. The van der Waals surface area contributed by atoms with Gasteiger partial charge in [-0.05, 0) is 17.9 Å². The third-order valence-corrected chi connectivity index (χ3v) is 5.80. The number of ether oxygens (including phenoxy) is 1. The van der Waals surface area contributed by atoms with E-state index in [1.807, 2.05) is 37.3 Å². The molecule has 3 nitrogen and oxygen atoms in total. The summed E-state index contributed by atoms with van der Waals surface area (Å²) in [4.78, 5) is 20.9. The Morgan fingerprint density at radius 2 is 1.67 bits per heavy atom. The monoisotopic (exact) mass is 412 g/mol. The van der Waals surface area contributed by atoms with Crippen molar-refractivity contribution in [1.29, 1.82) is 0 Å². The van der Waals surface area contributed by atoms with Crippen molar-refractivity contribution in [2.75, 3.05) is 6.61 Å². The van der Waals surface area contributed by atoms with Crippen LogP contribution in [0.25, 0.3) is 0 Å². The van der Waals surface area contributed by atoms with Crippen LogP contribution >= 0.6 is 23.2 Å². The first-order chi connectivity index (χ1) is 12.9. The van der Waals surface area contributed by atoms with E-state index in [0.717, 1.165) is 25.2 Å².